The highest BCUT2D eigenvalue weighted by Crippen LogP contribution is 2.11. The molecule has 64 valence electrons. The third-order valence-corrected chi connectivity index (χ3v) is 2.00. The van der Waals surface area contributed by atoms with E-state index in [1.54, 1.807) is 7.11 Å². The van der Waals surface area contributed by atoms with Crippen LogP contribution in [0.5, 0.6) is 0 Å². The van der Waals surface area contributed by atoms with Crippen LogP contribution in [0, 0.1) is 0 Å². The zero-order chi connectivity index (χ0) is 8.27. The second-order valence-corrected chi connectivity index (χ2v) is 2.85. The van der Waals surface area contributed by atoms with E-state index in [2.05, 4.69) is 11.5 Å². The lowest BCUT2D eigenvalue weighted by Gasteiger charge is -2.11. The van der Waals surface area contributed by atoms with E-state index >= 15 is 0 Å². The zero-order valence-corrected chi connectivity index (χ0v) is 6.86. The molecule has 0 bridgehead atoms. The van der Waals surface area contributed by atoms with Crippen molar-refractivity contribution in [2.24, 2.45) is 0 Å². The molecule has 2 atom stereocenters. The minimum absolute atomic E-state index is 0.0186. The van der Waals surface area contributed by atoms with Crippen molar-refractivity contribution in [3.05, 3.63) is 12.7 Å². The van der Waals surface area contributed by atoms with E-state index in [0.717, 1.165) is 13.1 Å². The molecule has 0 amide bonds. The highest BCUT2D eigenvalue weighted by molar-refractivity contribution is 4.87. The van der Waals surface area contributed by atoms with Crippen LogP contribution in [0.25, 0.3) is 0 Å². The van der Waals surface area contributed by atoms with Gasteiger partial charge < -0.3 is 9.84 Å². The highest BCUT2D eigenvalue weighted by Gasteiger charge is 2.29. The molecule has 1 rings (SSSR count). The number of ether oxygens (including phenoxy) is 1. The Labute approximate surface area is 67.3 Å². The molecule has 0 aromatic heterocycles. The summed E-state index contributed by atoms with van der Waals surface area (Å²) in [5, 5.41) is 9.39. The van der Waals surface area contributed by atoms with Crippen molar-refractivity contribution in [1.29, 1.82) is 0 Å². The summed E-state index contributed by atoms with van der Waals surface area (Å²) in [6, 6.07) is 0. The van der Waals surface area contributed by atoms with Gasteiger partial charge in [0.05, 0.1) is 12.2 Å². The summed E-state index contributed by atoms with van der Waals surface area (Å²) in [5.74, 6) is 0. The van der Waals surface area contributed by atoms with Crippen LogP contribution in [0.4, 0.5) is 0 Å². The first-order chi connectivity index (χ1) is 5.27. The largest absolute Gasteiger partial charge is 0.389 e. The zero-order valence-electron chi connectivity index (χ0n) is 6.86. The fraction of sp³-hybridized carbons (Fsp3) is 0.750. The molecule has 3 heteroatoms. The lowest BCUT2D eigenvalue weighted by atomic mass is 10.3. The van der Waals surface area contributed by atoms with Crippen molar-refractivity contribution in [3.8, 4) is 0 Å². The first-order valence-corrected chi connectivity index (χ1v) is 3.82. The Morgan fingerprint density at radius 1 is 1.73 bits per heavy atom. The molecule has 0 aromatic rings. The Kier molecular flexibility index (Phi) is 3.05. The SMILES string of the molecule is C=CCN1C[C@@H](O)[C@H](OC)C1. The number of hydrogen-bond acceptors (Lipinski definition) is 3. The molecule has 1 heterocycles. The number of β-amino-alcohol motifs (C(OH)–C–C–N with tert-alkyl or cyclic N) is 1. The molecule has 0 saturated carbocycles. The fourth-order valence-corrected chi connectivity index (χ4v) is 1.40. The number of rotatable bonds is 3. The maximum atomic E-state index is 9.39. The number of methoxy groups -OCH3 is 1. The topological polar surface area (TPSA) is 32.7 Å². The van der Waals surface area contributed by atoms with Crippen molar-refractivity contribution in [3.63, 3.8) is 0 Å². The van der Waals surface area contributed by atoms with Crippen LogP contribution in [0.3, 0.4) is 0 Å². The quantitative estimate of drug-likeness (QED) is 0.579. The van der Waals surface area contributed by atoms with Gasteiger partial charge in [-0.05, 0) is 0 Å². The summed E-state index contributed by atoms with van der Waals surface area (Å²) in [7, 11) is 1.63. The van der Waals surface area contributed by atoms with E-state index in [1.807, 2.05) is 6.08 Å². The Morgan fingerprint density at radius 3 is 2.91 bits per heavy atom. The van der Waals surface area contributed by atoms with Crippen molar-refractivity contribution in [2.75, 3.05) is 26.7 Å². The second-order valence-electron chi connectivity index (χ2n) is 2.85. The number of likely N-dealkylation sites (tertiary alicyclic amines) is 1. The van der Waals surface area contributed by atoms with Gasteiger partial charge in [0.25, 0.3) is 0 Å². The van der Waals surface area contributed by atoms with Gasteiger partial charge >= 0.3 is 0 Å². The summed E-state index contributed by atoms with van der Waals surface area (Å²) in [5.41, 5.74) is 0. The normalized spacial score (nSPS) is 32.5. The van der Waals surface area contributed by atoms with Gasteiger partial charge in [0.15, 0.2) is 0 Å². The minimum atomic E-state index is -0.333. The molecular weight excluding hydrogens is 142 g/mol. The predicted molar refractivity (Wildman–Crippen MR) is 43.4 cm³/mol. The van der Waals surface area contributed by atoms with Gasteiger partial charge in [0, 0.05) is 26.7 Å². The molecule has 1 N–H and O–H groups in total. The molecule has 0 aliphatic carbocycles. The van der Waals surface area contributed by atoms with Crippen LogP contribution in [-0.2, 0) is 4.74 Å². The Morgan fingerprint density at radius 2 is 2.45 bits per heavy atom. The number of nitrogens with zero attached hydrogens (tertiary/aromatic N) is 1. The van der Waals surface area contributed by atoms with Crippen LogP contribution in [0.2, 0.25) is 0 Å². The fourth-order valence-electron chi connectivity index (χ4n) is 1.40. The Hall–Kier alpha value is -0.380. The van der Waals surface area contributed by atoms with Gasteiger partial charge in [-0.25, -0.2) is 0 Å². The predicted octanol–water partition coefficient (Wildman–Crippen LogP) is -0.136. The van der Waals surface area contributed by atoms with Gasteiger partial charge in [-0.2, -0.15) is 0 Å². The minimum Gasteiger partial charge on any atom is -0.389 e. The standard InChI is InChI=1S/C8H15NO2/c1-3-4-9-5-7(10)8(6-9)11-2/h3,7-8,10H,1,4-6H2,2H3/t7-,8-/m1/s1. The molecule has 1 fully saturated rings. The van der Waals surface area contributed by atoms with Crippen molar-refractivity contribution < 1.29 is 9.84 Å². The molecular formula is C8H15NO2. The number of aliphatic hydroxyl groups excluding tert-OH is 1. The average molecular weight is 157 g/mol. The molecule has 0 aromatic carbocycles. The number of aliphatic hydroxyl groups is 1. The van der Waals surface area contributed by atoms with Crippen molar-refractivity contribution in [1.82, 2.24) is 4.90 Å². The van der Waals surface area contributed by atoms with E-state index in [4.69, 9.17) is 4.74 Å². The number of hydrogen-bond donors (Lipinski definition) is 1. The summed E-state index contributed by atoms with van der Waals surface area (Å²) >= 11 is 0. The van der Waals surface area contributed by atoms with Crippen LogP contribution in [0.15, 0.2) is 12.7 Å². The third-order valence-electron chi connectivity index (χ3n) is 2.00. The molecule has 0 unspecified atom stereocenters. The highest BCUT2D eigenvalue weighted by atomic mass is 16.5. The first-order valence-electron chi connectivity index (χ1n) is 3.82. The van der Waals surface area contributed by atoms with Gasteiger partial charge in [-0.1, -0.05) is 6.08 Å². The van der Waals surface area contributed by atoms with E-state index in [9.17, 15) is 5.11 Å². The summed E-state index contributed by atoms with van der Waals surface area (Å²) in [4.78, 5) is 2.12. The van der Waals surface area contributed by atoms with E-state index in [-0.39, 0.29) is 12.2 Å². The van der Waals surface area contributed by atoms with Gasteiger partial charge in [-0.15, -0.1) is 6.58 Å². The summed E-state index contributed by atoms with van der Waals surface area (Å²) in [6.07, 6.45) is 1.49. The molecule has 3 nitrogen and oxygen atoms in total. The smallest absolute Gasteiger partial charge is 0.0969 e. The van der Waals surface area contributed by atoms with Crippen LogP contribution in [0.1, 0.15) is 0 Å². The molecule has 1 aliphatic rings. The molecule has 11 heavy (non-hydrogen) atoms. The third kappa shape index (κ3) is 2.02. The lowest BCUT2D eigenvalue weighted by molar-refractivity contribution is 0.0215. The Balaban J connectivity index is 2.36. The van der Waals surface area contributed by atoms with E-state index in [0.29, 0.717) is 6.54 Å². The molecule has 0 radical (unpaired) electrons. The first kappa shape index (κ1) is 8.71. The average Bonchev–Trinajstić information content (AvgIpc) is 2.32. The van der Waals surface area contributed by atoms with Crippen molar-refractivity contribution in [2.45, 2.75) is 12.2 Å². The van der Waals surface area contributed by atoms with Crippen LogP contribution < -0.4 is 0 Å². The van der Waals surface area contributed by atoms with Crippen LogP contribution in [-0.4, -0.2) is 49.0 Å². The maximum absolute atomic E-state index is 9.39. The van der Waals surface area contributed by atoms with E-state index in [1.165, 1.54) is 0 Å². The summed E-state index contributed by atoms with van der Waals surface area (Å²) < 4.78 is 5.07. The van der Waals surface area contributed by atoms with Gasteiger partial charge in [-0.3, -0.25) is 4.90 Å². The van der Waals surface area contributed by atoms with E-state index < -0.39 is 0 Å². The second kappa shape index (κ2) is 3.85. The van der Waals surface area contributed by atoms with Crippen LogP contribution >= 0.6 is 0 Å². The molecule has 1 saturated heterocycles. The maximum Gasteiger partial charge on any atom is 0.0969 e. The van der Waals surface area contributed by atoms with Crippen molar-refractivity contribution >= 4 is 0 Å². The monoisotopic (exact) mass is 157 g/mol. The Bertz CT molecular complexity index is 138. The van der Waals surface area contributed by atoms with Gasteiger partial charge in [0.1, 0.15) is 0 Å². The molecule has 1 aliphatic heterocycles. The summed E-state index contributed by atoms with van der Waals surface area (Å²) in [6.45, 7) is 5.97. The van der Waals surface area contributed by atoms with Gasteiger partial charge in [0.2, 0.25) is 0 Å². The lowest BCUT2D eigenvalue weighted by Crippen LogP contribution is -2.25. The molecule has 0 spiro atoms.